The van der Waals surface area contributed by atoms with Crippen LogP contribution < -0.4 is 10.2 Å². The van der Waals surface area contributed by atoms with Crippen molar-refractivity contribution in [3.63, 3.8) is 0 Å². The third-order valence-electron chi connectivity index (χ3n) is 2.81. The Kier molecular flexibility index (Phi) is 2.98. The summed E-state index contributed by atoms with van der Waals surface area (Å²) in [4.78, 5) is 0. The highest BCUT2D eigenvalue weighted by Crippen LogP contribution is 2.28. The summed E-state index contributed by atoms with van der Waals surface area (Å²) in [6.45, 7) is 3.99. The van der Waals surface area contributed by atoms with Gasteiger partial charge in [0.05, 0.1) is 6.10 Å². The van der Waals surface area contributed by atoms with E-state index in [1.54, 1.807) is 0 Å². The van der Waals surface area contributed by atoms with Crippen LogP contribution >= 0.6 is 0 Å². The number of hydrogen-bond donors (Lipinski definition) is 1. The lowest BCUT2D eigenvalue weighted by Gasteiger charge is -2.09. The predicted octanol–water partition coefficient (Wildman–Crippen LogP) is 1.32. The Morgan fingerprint density at radius 1 is 1.53 bits per heavy atom. The molecule has 1 aliphatic rings. The summed E-state index contributed by atoms with van der Waals surface area (Å²) >= 11 is 0. The molecular weight excluding hydrogens is 191 g/mol. The van der Waals surface area contributed by atoms with E-state index in [1.165, 1.54) is 11.0 Å². The normalized spacial score (nSPS) is 19.1. The smallest absolute Gasteiger partial charge is 0.324 e. The number of aliphatic hydroxyl groups excluding tert-OH is 1. The van der Waals surface area contributed by atoms with Crippen LogP contribution in [0.1, 0.15) is 25.0 Å². The number of aliphatic hydroxyl groups is 1. The van der Waals surface area contributed by atoms with Crippen molar-refractivity contribution in [2.45, 2.75) is 26.3 Å². The molecule has 1 aliphatic heterocycles. The topological polar surface area (TPSA) is 38.7 Å². The maximum absolute atomic E-state index is 8.68. The largest absolute Gasteiger partial charge is 0.468 e. The second-order valence-electron chi connectivity index (χ2n) is 3.74. The van der Waals surface area contributed by atoms with Gasteiger partial charge in [-0.25, -0.2) is 0 Å². The summed E-state index contributed by atoms with van der Waals surface area (Å²) in [6.07, 6.45) is 1.19. The van der Waals surface area contributed by atoms with Crippen LogP contribution in [0.2, 0.25) is 6.82 Å². The molecule has 4 heteroatoms. The number of ether oxygens (including phenoxy) is 1. The zero-order valence-corrected chi connectivity index (χ0v) is 9.06. The van der Waals surface area contributed by atoms with Crippen molar-refractivity contribution in [1.29, 1.82) is 0 Å². The number of benzene rings is 1. The van der Waals surface area contributed by atoms with Crippen LogP contribution in [0.25, 0.3) is 0 Å². The van der Waals surface area contributed by atoms with E-state index in [-0.39, 0.29) is 19.8 Å². The van der Waals surface area contributed by atoms with E-state index in [9.17, 15) is 0 Å². The molecule has 1 atom stereocenters. The van der Waals surface area contributed by atoms with Crippen molar-refractivity contribution < 1.29 is 14.5 Å². The van der Waals surface area contributed by atoms with E-state index in [2.05, 4.69) is 6.92 Å². The van der Waals surface area contributed by atoms with Gasteiger partial charge in [-0.3, -0.25) is 0 Å². The van der Waals surface area contributed by atoms with Crippen LogP contribution in [0.15, 0.2) is 18.2 Å². The van der Waals surface area contributed by atoms with Crippen molar-refractivity contribution in [2.24, 2.45) is 0 Å². The van der Waals surface area contributed by atoms with Gasteiger partial charge in [-0.2, -0.15) is 0 Å². The fourth-order valence-electron chi connectivity index (χ4n) is 2.07. The van der Waals surface area contributed by atoms with E-state index in [0.29, 0.717) is 5.75 Å². The van der Waals surface area contributed by atoms with Gasteiger partial charge in [-0.1, -0.05) is 19.8 Å². The maximum Gasteiger partial charge on any atom is 0.324 e. The first kappa shape index (κ1) is 10.5. The third-order valence-corrected chi connectivity index (χ3v) is 2.81. The molecule has 0 amide bonds. The van der Waals surface area contributed by atoms with Crippen LogP contribution in [0.5, 0.6) is 5.75 Å². The molecule has 2 rings (SSSR count). The van der Waals surface area contributed by atoms with E-state index >= 15 is 0 Å². The molecule has 1 heterocycles. The average molecular weight is 206 g/mol. The van der Waals surface area contributed by atoms with Gasteiger partial charge in [-0.15, -0.1) is 0 Å². The first-order valence-electron chi connectivity index (χ1n) is 5.29. The molecule has 3 nitrogen and oxygen atoms in total. The number of hydrogen-bond acceptors (Lipinski definition) is 3. The molecule has 0 radical (unpaired) electrons. The maximum atomic E-state index is 8.68. The molecule has 1 aromatic carbocycles. The first-order chi connectivity index (χ1) is 7.26. The molecule has 0 aromatic heterocycles. The van der Waals surface area contributed by atoms with Gasteiger partial charge in [0.1, 0.15) is 5.75 Å². The molecule has 0 aliphatic carbocycles. The molecule has 0 saturated carbocycles. The summed E-state index contributed by atoms with van der Waals surface area (Å²) in [5.74, 6) is 0.698. The van der Waals surface area contributed by atoms with Crippen molar-refractivity contribution >= 4 is 12.4 Å². The highest BCUT2D eigenvalue weighted by Gasteiger charge is 2.30. The van der Waals surface area contributed by atoms with Crippen molar-refractivity contribution in [1.82, 2.24) is 0 Å². The Labute approximate surface area is 90.1 Å². The van der Waals surface area contributed by atoms with Crippen molar-refractivity contribution in [3.8, 4) is 5.75 Å². The predicted molar refractivity (Wildman–Crippen MR) is 59.5 cm³/mol. The van der Waals surface area contributed by atoms with E-state index < -0.39 is 0 Å². The Bertz CT molecular complexity index is 354. The Morgan fingerprint density at radius 3 is 3.00 bits per heavy atom. The zero-order valence-electron chi connectivity index (χ0n) is 9.06. The second kappa shape index (κ2) is 4.25. The minimum Gasteiger partial charge on any atom is -0.468 e. The van der Waals surface area contributed by atoms with Gasteiger partial charge in [-0.05, 0) is 29.6 Å². The van der Waals surface area contributed by atoms with Gasteiger partial charge in [0.15, 0.2) is 6.79 Å². The minimum absolute atomic E-state index is 0.118. The Hall–Kier alpha value is -0.995. The molecule has 15 heavy (non-hydrogen) atoms. The number of rotatable bonds is 3. The third kappa shape index (κ3) is 1.87. The lowest BCUT2D eigenvalue weighted by atomic mass is 9.64. The fourth-order valence-corrected chi connectivity index (χ4v) is 2.07. The molecule has 1 N–H and O–H groups in total. The molecule has 1 aromatic rings. The standard InChI is InChI=1S/C11H15BO3/c1-3-11-9-5-4-8(14-7-13)6-10(9)12(2)15-11/h4-6,11,13H,3,7H2,1-2H3/t11-/m1/s1. The molecule has 0 bridgehead atoms. The summed E-state index contributed by atoms with van der Waals surface area (Å²) in [5, 5.41) is 8.68. The summed E-state index contributed by atoms with van der Waals surface area (Å²) in [6, 6.07) is 5.85. The van der Waals surface area contributed by atoms with Crippen LogP contribution in [0.4, 0.5) is 0 Å². The molecule has 0 saturated heterocycles. The van der Waals surface area contributed by atoms with Crippen molar-refractivity contribution in [2.75, 3.05) is 6.79 Å². The highest BCUT2D eigenvalue weighted by molar-refractivity contribution is 6.67. The zero-order chi connectivity index (χ0) is 10.8. The summed E-state index contributed by atoms with van der Waals surface area (Å²) in [7, 11) is 0. The van der Waals surface area contributed by atoms with Crippen LogP contribution in [0, 0.1) is 0 Å². The molecule has 0 unspecified atom stereocenters. The molecule has 0 spiro atoms. The molecule has 80 valence electrons. The quantitative estimate of drug-likeness (QED) is 0.598. The van der Waals surface area contributed by atoms with Crippen molar-refractivity contribution in [3.05, 3.63) is 23.8 Å². The SMILES string of the molecule is CC[C@H]1OB(C)c2cc(OCO)ccc21. The Morgan fingerprint density at radius 2 is 2.33 bits per heavy atom. The van der Waals surface area contributed by atoms with E-state index in [1.807, 2.05) is 25.0 Å². The van der Waals surface area contributed by atoms with Gasteiger partial charge in [0.25, 0.3) is 0 Å². The highest BCUT2D eigenvalue weighted by atomic mass is 16.6. The van der Waals surface area contributed by atoms with Gasteiger partial charge in [0.2, 0.25) is 0 Å². The van der Waals surface area contributed by atoms with Crippen LogP contribution in [-0.4, -0.2) is 18.8 Å². The lowest BCUT2D eigenvalue weighted by Crippen LogP contribution is -2.24. The van der Waals surface area contributed by atoms with Crippen LogP contribution in [-0.2, 0) is 4.65 Å². The van der Waals surface area contributed by atoms with Crippen LogP contribution in [0.3, 0.4) is 0 Å². The van der Waals surface area contributed by atoms with E-state index in [4.69, 9.17) is 14.5 Å². The average Bonchev–Trinajstić information content (AvgIpc) is 2.56. The van der Waals surface area contributed by atoms with Gasteiger partial charge in [0, 0.05) is 0 Å². The molecule has 0 fully saturated rings. The fraction of sp³-hybridized carbons (Fsp3) is 0.455. The minimum atomic E-state index is -0.286. The van der Waals surface area contributed by atoms with Gasteiger partial charge >= 0.3 is 6.92 Å². The molecular formula is C11H15BO3. The first-order valence-corrected chi connectivity index (χ1v) is 5.29. The Balaban J connectivity index is 2.32. The monoisotopic (exact) mass is 206 g/mol. The lowest BCUT2D eigenvalue weighted by molar-refractivity contribution is 0.0986. The second-order valence-corrected chi connectivity index (χ2v) is 3.74. The summed E-state index contributed by atoms with van der Waals surface area (Å²) < 4.78 is 10.8. The van der Waals surface area contributed by atoms with Gasteiger partial charge < -0.3 is 14.5 Å². The summed E-state index contributed by atoms with van der Waals surface area (Å²) in [5.41, 5.74) is 2.42. The van der Waals surface area contributed by atoms with E-state index in [0.717, 1.165) is 6.42 Å². The number of fused-ring (bicyclic) bond motifs is 1.